The molecule has 1 saturated heterocycles. The van der Waals surface area contributed by atoms with Gasteiger partial charge in [-0.05, 0) is 31.2 Å². The van der Waals surface area contributed by atoms with Crippen molar-refractivity contribution in [2.24, 2.45) is 5.92 Å². The Bertz CT molecular complexity index is 334. The maximum atomic E-state index is 10.1. The van der Waals surface area contributed by atoms with Gasteiger partial charge in [0.25, 0.3) is 0 Å². The van der Waals surface area contributed by atoms with Gasteiger partial charge in [-0.1, -0.05) is 18.2 Å². The molecule has 3 nitrogen and oxygen atoms in total. The molecule has 0 bridgehead atoms. The predicted octanol–water partition coefficient (Wildman–Crippen LogP) is 2.12. The van der Waals surface area contributed by atoms with Gasteiger partial charge in [0.15, 0.2) is 0 Å². The summed E-state index contributed by atoms with van der Waals surface area (Å²) in [7, 11) is 0. The molecule has 0 radical (unpaired) electrons. The molecule has 0 spiro atoms. The van der Waals surface area contributed by atoms with E-state index in [1.807, 2.05) is 24.3 Å². The summed E-state index contributed by atoms with van der Waals surface area (Å²) in [5, 5.41) is 10.1. The van der Waals surface area contributed by atoms with Crippen LogP contribution in [-0.2, 0) is 4.74 Å². The van der Waals surface area contributed by atoms with Crippen LogP contribution in [-0.4, -0.2) is 18.3 Å². The van der Waals surface area contributed by atoms with Crippen LogP contribution in [0.4, 0.5) is 5.69 Å². The second-order valence-electron chi connectivity index (χ2n) is 4.44. The van der Waals surface area contributed by atoms with Crippen molar-refractivity contribution in [2.75, 3.05) is 18.9 Å². The maximum Gasteiger partial charge on any atom is 0.0812 e. The molecule has 0 saturated carbocycles. The van der Waals surface area contributed by atoms with Gasteiger partial charge in [-0.15, -0.1) is 0 Å². The van der Waals surface area contributed by atoms with Gasteiger partial charge >= 0.3 is 0 Å². The van der Waals surface area contributed by atoms with Crippen LogP contribution < -0.4 is 5.73 Å². The smallest absolute Gasteiger partial charge is 0.0812 e. The number of nitrogen functional groups attached to an aromatic ring is 1. The summed E-state index contributed by atoms with van der Waals surface area (Å²) in [5.74, 6) is 0.559. The number of rotatable bonds is 3. The lowest BCUT2D eigenvalue weighted by Crippen LogP contribution is -2.18. The van der Waals surface area contributed by atoms with Crippen molar-refractivity contribution in [3.8, 4) is 0 Å². The number of benzene rings is 1. The first-order valence-electron chi connectivity index (χ1n) is 5.87. The van der Waals surface area contributed by atoms with Crippen molar-refractivity contribution in [3.05, 3.63) is 29.8 Å². The molecule has 3 N–H and O–H groups in total. The number of aliphatic hydroxyl groups is 1. The van der Waals surface area contributed by atoms with Gasteiger partial charge in [0.1, 0.15) is 0 Å². The zero-order valence-corrected chi connectivity index (χ0v) is 9.43. The third kappa shape index (κ3) is 2.74. The average molecular weight is 221 g/mol. The molecule has 1 aliphatic heterocycles. The predicted molar refractivity (Wildman–Crippen MR) is 64.0 cm³/mol. The number of hydrogen-bond acceptors (Lipinski definition) is 3. The zero-order chi connectivity index (χ0) is 11.4. The van der Waals surface area contributed by atoms with Gasteiger partial charge in [-0.3, -0.25) is 0 Å². The van der Waals surface area contributed by atoms with E-state index in [1.165, 1.54) is 0 Å². The lowest BCUT2D eigenvalue weighted by Gasteiger charge is -2.24. The van der Waals surface area contributed by atoms with Crippen LogP contribution in [0.25, 0.3) is 0 Å². The average Bonchev–Trinajstić information content (AvgIpc) is 2.31. The minimum absolute atomic E-state index is 0.440. The van der Waals surface area contributed by atoms with E-state index in [4.69, 9.17) is 10.5 Å². The van der Waals surface area contributed by atoms with E-state index in [-0.39, 0.29) is 0 Å². The molecule has 0 aromatic heterocycles. The highest BCUT2D eigenvalue weighted by atomic mass is 16.5. The molecule has 2 rings (SSSR count). The number of hydrogen-bond donors (Lipinski definition) is 2. The second-order valence-corrected chi connectivity index (χ2v) is 4.44. The summed E-state index contributed by atoms with van der Waals surface area (Å²) in [6.07, 6.45) is 2.44. The number of para-hydroxylation sites is 1. The fraction of sp³-hybridized carbons (Fsp3) is 0.538. The molecule has 0 aliphatic carbocycles. The minimum atomic E-state index is -0.440. The molecule has 88 valence electrons. The van der Waals surface area contributed by atoms with Gasteiger partial charge in [-0.2, -0.15) is 0 Å². The van der Waals surface area contributed by atoms with Gasteiger partial charge in [0, 0.05) is 24.5 Å². The number of nitrogens with two attached hydrogens (primary N) is 1. The van der Waals surface area contributed by atoms with Crippen molar-refractivity contribution in [3.63, 3.8) is 0 Å². The quantitative estimate of drug-likeness (QED) is 0.769. The molecule has 1 heterocycles. The monoisotopic (exact) mass is 221 g/mol. The Hall–Kier alpha value is -1.06. The standard InChI is InChI=1S/C13H19NO2/c14-12-4-2-1-3-11(12)13(15)9-10-5-7-16-8-6-10/h1-4,10,13,15H,5-9,14H2. The Kier molecular flexibility index (Phi) is 3.80. The summed E-state index contributed by atoms with van der Waals surface area (Å²) < 4.78 is 5.30. The van der Waals surface area contributed by atoms with Crippen LogP contribution in [0.2, 0.25) is 0 Å². The van der Waals surface area contributed by atoms with Crippen LogP contribution >= 0.6 is 0 Å². The maximum absolute atomic E-state index is 10.1. The summed E-state index contributed by atoms with van der Waals surface area (Å²) >= 11 is 0. The van der Waals surface area contributed by atoms with E-state index in [0.717, 1.165) is 38.0 Å². The van der Waals surface area contributed by atoms with Crippen LogP contribution in [0.1, 0.15) is 30.9 Å². The highest BCUT2D eigenvalue weighted by Gasteiger charge is 2.19. The molecule has 1 aromatic carbocycles. The van der Waals surface area contributed by atoms with Crippen molar-refractivity contribution in [2.45, 2.75) is 25.4 Å². The number of ether oxygens (including phenoxy) is 1. The van der Waals surface area contributed by atoms with Gasteiger partial charge in [0.2, 0.25) is 0 Å². The molecule has 1 aliphatic rings. The fourth-order valence-corrected chi connectivity index (χ4v) is 2.24. The Morgan fingerprint density at radius 3 is 2.69 bits per heavy atom. The SMILES string of the molecule is Nc1ccccc1C(O)CC1CCOCC1. The van der Waals surface area contributed by atoms with E-state index in [1.54, 1.807) is 0 Å². The Morgan fingerprint density at radius 2 is 2.00 bits per heavy atom. The van der Waals surface area contributed by atoms with Crippen LogP contribution in [0, 0.1) is 5.92 Å². The van der Waals surface area contributed by atoms with Crippen molar-refractivity contribution in [1.29, 1.82) is 0 Å². The van der Waals surface area contributed by atoms with E-state index in [2.05, 4.69) is 0 Å². The van der Waals surface area contributed by atoms with E-state index in [0.29, 0.717) is 11.6 Å². The fourth-order valence-electron chi connectivity index (χ4n) is 2.24. The molecule has 1 unspecified atom stereocenters. The Morgan fingerprint density at radius 1 is 1.31 bits per heavy atom. The highest BCUT2D eigenvalue weighted by Crippen LogP contribution is 2.29. The largest absolute Gasteiger partial charge is 0.398 e. The first-order valence-corrected chi connectivity index (χ1v) is 5.87. The topological polar surface area (TPSA) is 55.5 Å². The molecule has 1 fully saturated rings. The van der Waals surface area contributed by atoms with Crippen molar-refractivity contribution < 1.29 is 9.84 Å². The molecule has 1 atom stereocenters. The molecular formula is C13H19NO2. The normalized spacial score (nSPS) is 19.6. The first-order chi connectivity index (χ1) is 7.77. The first kappa shape index (κ1) is 11.4. The summed E-state index contributed by atoms with van der Waals surface area (Å²) in [6, 6.07) is 7.54. The molecule has 3 heteroatoms. The van der Waals surface area contributed by atoms with Crippen LogP contribution in [0.15, 0.2) is 24.3 Å². The van der Waals surface area contributed by atoms with Crippen LogP contribution in [0.5, 0.6) is 0 Å². The summed E-state index contributed by atoms with van der Waals surface area (Å²) in [5.41, 5.74) is 7.38. The summed E-state index contributed by atoms with van der Waals surface area (Å²) in [6.45, 7) is 1.64. The van der Waals surface area contributed by atoms with E-state index in [9.17, 15) is 5.11 Å². The molecule has 16 heavy (non-hydrogen) atoms. The Labute approximate surface area is 96.2 Å². The van der Waals surface area contributed by atoms with E-state index < -0.39 is 6.10 Å². The minimum Gasteiger partial charge on any atom is -0.398 e. The number of anilines is 1. The lowest BCUT2D eigenvalue weighted by molar-refractivity contribution is 0.0436. The van der Waals surface area contributed by atoms with Crippen molar-refractivity contribution in [1.82, 2.24) is 0 Å². The third-order valence-corrected chi connectivity index (χ3v) is 3.25. The molecule has 0 amide bonds. The second kappa shape index (κ2) is 5.32. The van der Waals surface area contributed by atoms with Crippen LogP contribution in [0.3, 0.4) is 0 Å². The zero-order valence-electron chi connectivity index (χ0n) is 9.43. The Balaban J connectivity index is 1.96. The third-order valence-electron chi connectivity index (χ3n) is 3.25. The number of aliphatic hydroxyl groups excluding tert-OH is 1. The molecular weight excluding hydrogens is 202 g/mol. The van der Waals surface area contributed by atoms with E-state index >= 15 is 0 Å². The van der Waals surface area contributed by atoms with Crippen molar-refractivity contribution >= 4 is 5.69 Å². The summed E-state index contributed by atoms with van der Waals surface area (Å²) in [4.78, 5) is 0. The lowest BCUT2D eigenvalue weighted by atomic mass is 9.90. The molecule has 1 aromatic rings. The van der Waals surface area contributed by atoms with Gasteiger partial charge in [-0.25, -0.2) is 0 Å². The van der Waals surface area contributed by atoms with Gasteiger partial charge < -0.3 is 15.6 Å². The van der Waals surface area contributed by atoms with Gasteiger partial charge in [0.05, 0.1) is 6.10 Å². The highest BCUT2D eigenvalue weighted by molar-refractivity contribution is 5.47.